The third-order valence-electron chi connectivity index (χ3n) is 5.83. The molecule has 1 aromatic carbocycles. The molecule has 1 atom stereocenters. The molecule has 0 bridgehead atoms. The number of hydrogen-bond donors (Lipinski definition) is 0. The molecule has 0 radical (unpaired) electrons. The van der Waals surface area contributed by atoms with E-state index in [9.17, 15) is 4.79 Å². The fourth-order valence-electron chi connectivity index (χ4n) is 4.08. The van der Waals surface area contributed by atoms with Crippen molar-refractivity contribution in [3.05, 3.63) is 58.7 Å². The van der Waals surface area contributed by atoms with Crippen LogP contribution in [0.4, 0.5) is 0 Å². The van der Waals surface area contributed by atoms with Gasteiger partial charge in [-0.2, -0.15) is 10.2 Å². The van der Waals surface area contributed by atoms with Crippen LogP contribution in [0.3, 0.4) is 0 Å². The molecular weight excluding hydrogens is 382 g/mol. The molecule has 4 rings (SSSR count). The summed E-state index contributed by atoms with van der Waals surface area (Å²) in [4.78, 5) is 15.3. The van der Waals surface area contributed by atoms with E-state index < -0.39 is 0 Å². The van der Waals surface area contributed by atoms with E-state index in [0.29, 0.717) is 25.3 Å². The average molecular weight is 409 g/mol. The van der Waals surface area contributed by atoms with Crippen LogP contribution in [0.2, 0.25) is 0 Å². The highest BCUT2D eigenvalue weighted by Crippen LogP contribution is 2.32. The van der Waals surface area contributed by atoms with Crippen molar-refractivity contribution in [3.63, 3.8) is 0 Å². The zero-order valence-electron chi connectivity index (χ0n) is 18.0. The molecule has 0 spiro atoms. The number of aryl methyl sites for hydroxylation is 2. The second-order valence-electron chi connectivity index (χ2n) is 7.55. The minimum absolute atomic E-state index is 0.0261. The van der Waals surface area contributed by atoms with E-state index in [4.69, 9.17) is 14.6 Å². The van der Waals surface area contributed by atoms with Gasteiger partial charge in [0.15, 0.2) is 0 Å². The predicted molar refractivity (Wildman–Crippen MR) is 112 cm³/mol. The van der Waals surface area contributed by atoms with Crippen LogP contribution in [0, 0.1) is 20.8 Å². The van der Waals surface area contributed by atoms with Gasteiger partial charge in [-0.15, -0.1) is 0 Å². The Labute approximate surface area is 176 Å². The Morgan fingerprint density at radius 3 is 2.73 bits per heavy atom. The fraction of sp³-hybridized carbons (Fsp3) is 0.409. The van der Waals surface area contributed by atoms with Crippen molar-refractivity contribution in [2.24, 2.45) is 7.05 Å². The van der Waals surface area contributed by atoms with Crippen LogP contribution in [0.1, 0.15) is 39.0 Å². The monoisotopic (exact) mass is 409 g/mol. The van der Waals surface area contributed by atoms with Gasteiger partial charge in [-0.1, -0.05) is 6.07 Å². The van der Waals surface area contributed by atoms with E-state index >= 15 is 0 Å². The van der Waals surface area contributed by atoms with Gasteiger partial charge < -0.3 is 14.4 Å². The molecular formula is C22H27N5O3. The maximum absolute atomic E-state index is 13.4. The van der Waals surface area contributed by atoms with Gasteiger partial charge in [0, 0.05) is 36.6 Å². The number of hydrogen-bond acceptors (Lipinski definition) is 5. The molecule has 1 fully saturated rings. The van der Waals surface area contributed by atoms with Gasteiger partial charge in [-0.3, -0.25) is 9.48 Å². The molecule has 0 aliphatic carbocycles. The van der Waals surface area contributed by atoms with E-state index in [1.165, 1.54) is 0 Å². The van der Waals surface area contributed by atoms with E-state index in [2.05, 4.69) is 5.10 Å². The van der Waals surface area contributed by atoms with Crippen molar-refractivity contribution in [1.29, 1.82) is 0 Å². The van der Waals surface area contributed by atoms with Gasteiger partial charge in [0.2, 0.25) is 0 Å². The van der Waals surface area contributed by atoms with Crippen LogP contribution in [-0.2, 0) is 11.8 Å². The number of morpholine rings is 1. The summed E-state index contributed by atoms with van der Waals surface area (Å²) in [5, 5.41) is 9.00. The maximum Gasteiger partial charge on any atom is 0.257 e. The van der Waals surface area contributed by atoms with Crippen molar-refractivity contribution in [3.8, 4) is 11.4 Å². The Hall–Kier alpha value is -3.13. The van der Waals surface area contributed by atoms with Gasteiger partial charge in [0.1, 0.15) is 5.75 Å². The Morgan fingerprint density at radius 1 is 1.23 bits per heavy atom. The van der Waals surface area contributed by atoms with Gasteiger partial charge in [0.05, 0.1) is 49.5 Å². The van der Waals surface area contributed by atoms with Crippen molar-refractivity contribution in [2.75, 3.05) is 26.9 Å². The van der Waals surface area contributed by atoms with Crippen LogP contribution in [0.25, 0.3) is 5.69 Å². The first kappa shape index (κ1) is 20.2. The molecule has 1 aliphatic heterocycles. The minimum Gasteiger partial charge on any atom is -0.497 e. The summed E-state index contributed by atoms with van der Waals surface area (Å²) in [7, 11) is 3.49. The molecule has 0 unspecified atom stereocenters. The third-order valence-corrected chi connectivity index (χ3v) is 5.83. The maximum atomic E-state index is 13.4. The minimum atomic E-state index is -0.204. The number of carbonyl (C=O) groups is 1. The number of amides is 1. The van der Waals surface area contributed by atoms with E-state index in [0.717, 1.165) is 34.1 Å². The van der Waals surface area contributed by atoms with Gasteiger partial charge >= 0.3 is 0 Å². The molecule has 1 saturated heterocycles. The number of carbonyl (C=O) groups excluding carboxylic acids is 1. The molecule has 8 heteroatoms. The summed E-state index contributed by atoms with van der Waals surface area (Å²) in [6, 6.07) is 7.58. The second kappa shape index (κ2) is 7.95. The third kappa shape index (κ3) is 3.37. The summed E-state index contributed by atoms with van der Waals surface area (Å²) >= 11 is 0. The Balaban J connectivity index is 1.73. The van der Waals surface area contributed by atoms with Crippen LogP contribution < -0.4 is 4.74 Å². The number of methoxy groups -OCH3 is 1. The first-order chi connectivity index (χ1) is 14.4. The molecule has 0 saturated carbocycles. The topological polar surface area (TPSA) is 74.4 Å². The smallest absolute Gasteiger partial charge is 0.257 e. The van der Waals surface area contributed by atoms with Gasteiger partial charge in [-0.25, -0.2) is 4.68 Å². The predicted octanol–water partition coefficient (Wildman–Crippen LogP) is 2.75. The molecule has 158 valence electrons. The number of ether oxygens (including phenoxy) is 2. The van der Waals surface area contributed by atoms with Crippen molar-refractivity contribution in [1.82, 2.24) is 24.5 Å². The fourth-order valence-corrected chi connectivity index (χ4v) is 4.08. The standard InChI is InChI=1S/C22H27N5O3/c1-14-21(16(3)27(24-14)17-7-6-8-18(11-17)29-5)20-13-30-10-9-26(20)22(28)19-12-23-25(4)15(19)2/h6-8,11-12,20H,9-10,13H2,1-5H3/t20-/m0/s1. The highest BCUT2D eigenvalue weighted by molar-refractivity contribution is 5.95. The lowest BCUT2D eigenvalue weighted by molar-refractivity contribution is -0.00308. The Morgan fingerprint density at radius 2 is 2.03 bits per heavy atom. The number of nitrogens with zero attached hydrogens (tertiary/aromatic N) is 5. The quantitative estimate of drug-likeness (QED) is 0.662. The lowest BCUT2D eigenvalue weighted by Gasteiger charge is -2.36. The molecule has 3 heterocycles. The van der Waals surface area contributed by atoms with Gasteiger partial charge in [0.25, 0.3) is 5.91 Å². The Kier molecular flexibility index (Phi) is 5.34. The van der Waals surface area contributed by atoms with E-state index in [1.807, 2.05) is 61.7 Å². The van der Waals surface area contributed by atoms with Crippen molar-refractivity contribution >= 4 is 5.91 Å². The molecule has 3 aromatic rings. The highest BCUT2D eigenvalue weighted by atomic mass is 16.5. The first-order valence-electron chi connectivity index (χ1n) is 10.00. The van der Waals surface area contributed by atoms with Gasteiger partial charge in [-0.05, 0) is 32.9 Å². The lowest BCUT2D eigenvalue weighted by Crippen LogP contribution is -2.44. The van der Waals surface area contributed by atoms with Crippen molar-refractivity contribution < 1.29 is 14.3 Å². The van der Waals surface area contributed by atoms with Crippen molar-refractivity contribution in [2.45, 2.75) is 26.8 Å². The average Bonchev–Trinajstić information content (AvgIpc) is 3.25. The van der Waals surface area contributed by atoms with Crippen LogP contribution in [0.15, 0.2) is 30.5 Å². The lowest BCUT2D eigenvalue weighted by atomic mass is 10.0. The summed E-state index contributed by atoms with van der Waals surface area (Å²) in [5.74, 6) is 0.744. The summed E-state index contributed by atoms with van der Waals surface area (Å²) in [6.07, 6.45) is 1.64. The molecule has 2 aromatic heterocycles. The molecule has 1 amide bonds. The second-order valence-corrected chi connectivity index (χ2v) is 7.55. The van der Waals surface area contributed by atoms with Crippen LogP contribution in [0.5, 0.6) is 5.75 Å². The zero-order chi connectivity index (χ0) is 21.4. The summed E-state index contributed by atoms with van der Waals surface area (Å²) < 4.78 is 14.8. The number of rotatable bonds is 4. The summed E-state index contributed by atoms with van der Waals surface area (Å²) in [6.45, 7) is 7.40. The molecule has 1 aliphatic rings. The van der Waals surface area contributed by atoms with Crippen LogP contribution in [-0.4, -0.2) is 57.2 Å². The number of benzene rings is 1. The van der Waals surface area contributed by atoms with E-state index in [-0.39, 0.29) is 11.9 Å². The largest absolute Gasteiger partial charge is 0.497 e. The van der Waals surface area contributed by atoms with E-state index in [1.54, 1.807) is 18.0 Å². The van der Waals surface area contributed by atoms with Crippen LogP contribution >= 0.6 is 0 Å². The Bertz CT molecular complexity index is 1080. The SMILES string of the molecule is COc1cccc(-n2nc(C)c([C@@H]3COCCN3C(=O)c3cnn(C)c3C)c2C)c1. The number of aromatic nitrogens is 4. The first-order valence-corrected chi connectivity index (χ1v) is 10.00. The highest BCUT2D eigenvalue weighted by Gasteiger charge is 2.34. The summed E-state index contributed by atoms with van der Waals surface area (Å²) in [5.41, 5.74) is 5.28. The molecule has 8 nitrogen and oxygen atoms in total. The molecule has 30 heavy (non-hydrogen) atoms. The zero-order valence-corrected chi connectivity index (χ0v) is 18.0. The normalized spacial score (nSPS) is 16.7. The molecule has 0 N–H and O–H groups in total.